The number of nitriles is 3. The largest absolute Gasteiger partial charge is 0.491 e. The highest BCUT2D eigenvalue weighted by molar-refractivity contribution is 5.58. The Hall–Kier alpha value is -3.01. The molecule has 0 aliphatic carbocycles. The van der Waals surface area contributed by atoms with Gasteiger partial charge in [0.25, 0.3) is 0 Å². The van der Waals surface area contributed by atoms with Crippen molar-refractivity contribution in [3.05, 3.63) is 35.5 Å². The van der Waals surface area contributed by atoms with Crippen molar-refractivity contribution in [3.63, 3.8) is 0 Å². The van der Waals surface area contributed by atoms with Gasteiger partial charge in [0.2, 0.25) is 0 Å². The topological polar surface area (TPSA) is 102 Å². The van der Waals surface area contributed by atoms with Crippen LogP contribution in [0.1, 0.15) is 6.92 Å². The summed E-state index contributed by atoms with van der Waals surface area (Å²) in [6, 6.07) is 12.0. The first kappa shape index (κ1) is 16.0. The van der Waals surface area contributed by atoms with E-state index in [9.17, 15) is 0 Å². The molecule has 6 nitrogen and oxygen atoms in total. The highest BCUT2D eigenvalue weighted by Gasteiger charge is 2.06. The normalized spacial score (nSPS) is 8.86. The molecule has 0 heterocycles. The lowest BCUT2D eigenvalue weighted by molar-refractivity contribution is 0.110. The van der Waals surface area contributed by atoms with Crippen LogP contribution in [0.2, 0.25) is 0 Å². The summed E-state index contributed by atoms with van der Waals surface area (Å²) in [7, 11) is 0. The fourth-order valence-electron chi connectivity index (χ4n) is 1.42. The van der Waals surface area contributed by atoms with Crippen molar-refractivity contribution in [1.82, 2.24) is 0 Å². The summed E-state index contributed by atoms with van der Waals surface area (Å²) < 4.78 is 10.6. The zero-order valence-electron chi connectivity index (χ0n) is 11.6. The molecule has 0 bridgehead atoms. The van der Waals surface area contributed by atoms with Crippen LogP contribution in [0.15, 0.2) is 35.5 Å². The lowest BCUT2D eigenvalue weighted by Crippen LogP contribution is -2.06. The minimum absolute atomic E-state index is 0.0787. The summed E-state index contributed by atoms with van der Waals surface area (Å²) in [5.74, 6) is 0.670. The van der Waals surface area contributed by atoms with E-state index in [1.165, 1.54) is 0 Å². The Labute approximate surface area is 123 Å². The van der Waals surface area contributed by atoms with Gasteiger partial charge in [0.15, 0.2) is 5.57 Å². The van der Waals surface area contributed by atoms with Crippen LogP contribution in [-0.2, 0) is 4.74 Å². The molecule has 0 aliphatic heterocycles. The number of hydrogen-bond donors (Lipinski definition) is 1. The highest BCUT2D eigenvalue weighted by atomic mass is 16.5. The van der Waals surface area contributed by atoms with E-state index in [1.807, 2.05) is 6.92 Å². The van der Waals surface area contributed by atoms with Crippen molar-refractivity contribution >= 4 is 5.69 Å². The molecule has 106 valence electrons. The van der Waals surface area contributed by atoms with Gasteiger partial charge in [0.1, 0.15) is 36.3 Å². The molecule has 1 aromatic carbocycles. The summed E-state index contributed by atoms with van der Waals surface area (Å²) in [5, 5.41) is 29.1. The fraction of sp³-hybridized carbons (Fsp3) is 0.267. The van der Waals surface area contributed by atoms with Crippen LogP contribution >= 0.6 is 0 Å². The van der Waals surface area contributed by atoms with Crippen LogP contribution in [-0.4, -0.2) is 19.8 Å². The van der Waals surface area contributed by atoms with Crippen molar-refractivity contribution in [1.29, 1.82) is 15.8 Å². The molecule has 0 unspecified atom stereocenters. The highest BCUT2D eigenvalue weighted by Crippen LogP contribution is 2.17. The summed E-state index contributed by atoms with van der Waals surface area (Å²) in [5.41, 5.74) is 0.256. The Morgan fingerprint density at radius 3 is 2.24 bits per heavy atom. The molecule has 0 saturated carbocycles. The predicted molar refractivity (Wildman–Crippen MR) is 75.9 cm³/mol. The molecular formula is C15H14N4O2. The lowest BCUT2D eigenvalue weighted by atomic mass is 10.2. The van der Waals surface area contributed by atoms with Gasteiger partial charge in [-0.1, -0.05) is 0 Å². The maximum absolute atomic E-state index is 8.93. The Morgan fingerprint density at radius 1 is 1.05 bits per heavy atom. The van der Waals surface area contributed by atoms with Crippen molar-refractivity contribution in [2.24, 2.45) is 0 Å². The van der Waals surface area contributed by atoms with E-state index in [-0.39, 0.29) is 11.3 Å². The Balaban J connectivity index is 2.67. The lowest BCUT2D eigenvalue weighted by Gasteiger charge is -2.08. The average molecular weight is 282 g/mol. The number of ether oxygens (including phenoxy) is 2. The molecule has 0 spiro atoms. The molecule has 0 saturated heterocycles. The molecule has 0 radical (unpaired) electrons. The van der Waals surface area contributed by atoms with Crippen molar-refractivity contribution in [2.45, 2.75) is 6.92 Å². The maximum Gasteiger partial charge on any atom is 0.163 e. The third-order valence-corrected chi connectivity index (χ3v) is 2.41. The minimum atomic E-state index is -0.255. The molecule has 0 aliphatic rings. The van der Waals surface area contributed by atoms with Crippen LogP contribution < -0.4 is 10.1 Å². The third kappa shape index (κ3) is 5.24. The number of anilines is 1. The third-order valence-electron chi connectivity index (χ3n) is 2.41. The second kappa shape index (κ2) is 8.98. The van der Waals surface area contributed by atoms with Gasteiger partial charge in [-0.25, -0.2) is 0 Å². The Morgan fingerprint density at radius 2 is 1.71 bits per heavy atom. The van der Waals surface area contributed by atoms with E-state index >= 15 is 0 Å². The summed E-state index contributed by atoms with van der Waals surface area (Å²) >= 11 is 0. The molecular weight excluding hydrogens is 268 g/mol. The van der Waals surface area contributed by atoms with Gasteiger partial charge in [-0.3, -0.25) is 0 Å². The number of rotatable bonds is 7. The molecule has 1 rings (SSSR count). The van der Waals surface area contributed by atoms with Gasteiger partial charge in [0, 0.05) is 12.3 Å². The van der Waals surface area contributed by atoms with E-state index in [0.29, 0.717) is 31.3 Å². The predicted octanol–water partition coefficient (Wildman–Crippen LogP) is 2.34. The zero-order valence-corrected chi connectivity index (χ0v) is 11.6. The summed E-state index contributed by atoms with van der Waals surface area (Å²) in [6.07, 6.45) is 0. The number of nitrogens with zero attached hydrogens (tertiary/aromatic N) is 3. The first-order valence-corrected chi connectivity index (χ1v) is 6.27. The molecule has 0 fully saturated rings. The molecule has 0 atom stereocenters. The first-order valence-electron chi connectivity index (χ1n) is 6.27. The van der Waals surface area contributed by atoms with Crippen LogP contribution in [0.25, 0.3) is 0 Å². The second-order valence-electron chi connectivity index (χ2n) is 3.78. The van der Waals surface area contributed by atoms with Crippen LogP contribution in [0.5, 0.6) is 5.75 Å². The van der Waals surface area contributed by atoms with Crippen molar-refractivity contribution in [3.8, 4) is 24.0 Å². The molecule has 1 N–H and O–H groups in total. The van der Waals surface area contributed by atoms with Gasteiger partial charge in [0.05, 0.1) is 6.61 Å². The molecule has 0 aromatic heterocycles. The van der Waals surface area contributed by atoms with Crippen LogP contribution in [0, 0.1) is 34.0 Å². The van der Waals surface area contributed by atoms with Gasteiger partial charge in [-0.15, -0.1) is 0 Å². The van der Waals surface area contributed by atoms with Crippen LogP contribution in [0.4, 0.5) is 5.69 Å². The molecule has 6 heteroatoms. The SMILES string of the molecule is CCOCCOc1ccc(NC(C#N)=C(C#N)C#N)cc1. The fourth-order valence-corrected chi connectivity index (χ4v) is 1.42. The quantitative estimate of drug-likeness (QED) is 0.608. The number of hydrogen-bond acceptors (Lipinski definition) is 6. The monoisotopic (exact) mass is 282 g/mol. The minimum Gasteiger partial charge on any atom is -0.491 e. The van der Waals surface area contributed by atoms with Crippen molar-refractivity contribution in [2.75, 3.05) is 25.1 Å². The molecule has 21 heavy (non-hydrogen) atoms. The molecule has 0 amide bonds. The smallest absolute Gasteiger partial charge is 0.163 e. The van der Waals surface area contributed by atoms with Gasteiger partial charge in [-0.2, -0.15) is 15.8 Å². The standard InChI is InChI=1S/C15H14N4O2/c1-2-20-7-8-21-14-5-3-13(4-6-14)19-15(11-18)12(9-16)10-17/h3-6,19H,2,7-8H2,1H3. The van der Waals surface area contributed by atoms with Gasteiger partial charge >= 0.3 is 0 Å². The number of benzene rings is 1. The Bertz CT molecular complexity index is 599. The van der Waals surface area contributed by atoms with Gasteiger partial charge in [-0.05, 0) is 31.2 Å². The van der Waals surface area contributed by atoms with Gasteiger partial charge < -0.3 is 14.8 Å². The van der Waals surface area contributed by atoms with E-state index in [4.69, 9.17) is 25.3 Å². The van der Waals surface area contributed by atoms with E-state index in [2.05, 4.69) is 5.32 Å². The van der Waals surface area contributed by atoms with E-state index in [0.717, 1.165) is 0 Å². The number of allylic oxidation sites excluding steroid dienone is 2. The van der Waals surface area contributed by atoms with Crippen molar-refractivity contribution < 1.29 is 9.47 Å². The first-order chi connectivity index (χ1) is 10.2. The second-order valence-corrected chi connectivity index (χ2v) is 3.78. The van der Waals surface area contributed by atoms with E-state index in [1.54, 1.807) is 42.5 Å². The summed E-state index contributed by atoms with van der Waals surface area (Å²) in [4.78, 5) is 0. The maximum atomic E-state index is 8.93. The van der Waals surface area contributed by atoms with Crippen LogP contribution in [0.3, 0.4) is 0 Å². The summed E-state index contributed by atoms with van der Waals surface area (Å²) in [6.45, 7) is 3.54. The Kier molecular flexibility index (Phi) is 6.86. The zero-order chi connectivity index (χ0) is 15.5. The van der Waals surface area contributed by atoms with E-state index < -0.39 is 0 Å². The molecule has 1 aromatic rings. The average Bonchev–Trinajstić information content (AvgIpc) is 2.53. The number of nitrogens with one attached hydrogen (secondary N) is 1.